The number of nitrogens with zero attached hydrogens (tertiary/aromatic N) is 2. The maximum atomic E-state index is 12.2. The summed E-state index contributed by atoms with van der Waals surface area (Å²) in [6, 6.07) is 1.55. The van der Waals surface area contributed by atoms with Crippen molar-refractivity contribution in [2.45, 2.75) is 77.2 Å². The van der Waals surface area contributed by atoms with Crippen molar-refractivity contribution in [2.75, 3.05) is 7.05 Å². The summed E-state index contributed by atoms with van der Waals surface area (Å²) in [4.78, 5) is 24.4. The summed E-state index contributed by atoms with van der Waals surface area (Å²) in [5, 5.41) is 20.7. The number of carbonyl (C=O) groups excluding carboxylic acids is 2. The number of allylic oxidation sites excluding steroid dienone is 2. The summed E-state index contributed by atoms with van der Waals surface area (Å²) in [6.45, 7) is 2.23. The minimum Gasteiger partial charge on any atom is -0.389 e. The Morgan fingerprint density at radius 1 is 1.03 bits per heavy atom. The first kappa shape index (κ1) is 22.9. The average Bonchev–Trinajstić information content (AvgIpc) is 2.73. The van der Waals surface area contributed by atoms with Crippen LogP contribution in [0.4, 0.5) is 0 Å². The van der Waals surface area contributed by atoms with Crippen LogP contribution in [-0.4, -0.2) is 40.0 Å². The van der Waals surface area contributed by atoms with Gasteiger partial charge in [0, 0.05) is 13.1 Å². The molecule has 2 rings (SSSR count). The first-order valence-corrected chi connectivity index (χ1v) is 10.8. The van der Waals surface area contributed by atoms with E-state index < -0.39 is 6.10 Å². The number of unbranched alkanes of at least 4 members (excludes halogenated alkanes) is 8. The van der Waals surface area contributed by atoms with Gasteiger partial charge in [-0.2, -0.15) is 5.10 Å². The zero-order valence-electron chi connectivity index (χ0n) is 17.6. The number of hydrogen-bond donors (Lipinski definition) is 2. The van der Waals surface area contributed by atoms with Crippen molar-refractivity contribution in [3.05, 3.63) is 40.9 Å². The van der Waals surface area contributed by atoms with E-state index in [4.69, 9.17) is 0 Å². The van der Waals surface area contributed by atoms with Crippen LogP contribution in [0.2, 0.25) is 0 Å². The topological polar surface area (TPSA) is 92.2 Å². The lowest BCUT2D eigenvalue weighted by molar-refractivity contribution is 0.0974. The van der Waals surface area contributed by atoms with E-state index >= 15 is 0 Å². The molecule has 6 nitrogen and oxygen atoms in total. The molecular weight excluding hydrogens is 366 g/mol. The Kier molecular flexibility index (Phi) is 9.71. The lowest BCUT2D eigenvalue weighted by atomic mass is 9.97. The number of Topliss-reactive ketones (excluding diaryl/α,β-unsaturated/α-hetero) is 1. The van der Waals surface area contributed by atoms with Gasteiger partial charge in [0.05, 0.1) is 23.1 Å². The van der Waals surface area contributed by atoms with E-state index in [1.165, 1.54) is 51.0 Å². The number of fused-ring (bicyclic) bond motifs is 1. The second-order valence-corrected chi connectivity index (χ2v) is 7.58. The summed E-state index contributed by atoms with van der Waals surface area (Å²) < 4.78 is 0. The Hall–Kier alpha value is -2.34. The molecule has 0 spiro atoms. The predicted octanol–water partition coefficient (Wildman–Crippen LogP) is 4.25. The summed E-state index contributed by atoms with van der Waals surface area (Å²) >= 11 is 0. The minimum atomic E-state index is -0.550. The molecular formula is C23H33N3O3. The molecule has 2 N–H and O–H groups in total. The molecule has 0 bridgehead atoms. The number of aliphatic hydroxyl groups excluding tert-OH is 1. The Morgan fingerprint density at radius 3 is 2.34 bits per heavy atom. The molecule has 1 aliphatic rings. The zero-order chi connectivity index (χ0) is 21.1. The van der Waals surface area contributed by atoms with E-state index in [-0.39, 0.29) is 28.5 Å². The number of nitrogens with one attached hydrogen (secondary N) is 1. The van der Waals surface area contributed by atoms with Gasteiger partial charge in [0.15, 0.2) is 5.78 Å². The summed E-state index contributed by atoms with van der Waals surface area (Å²) in [7, 11) is 1.58. The molecule has 29 heavy (non-hydrogen) atoms. The van der Waals surface area contributed by atoms with Crippen molar-refractivity contribution in [2.24, 2.45) is 0 Å². The number of hydrogen-bond acceptors (Lipinski definition) is 6. The third kappa shape index (κ3) is 7.20. The van der Waals surface area contributed by atoms with Crippen molar-refractivity contribution < 1.29 is 14.7 Å². The largest absolute Gasteiger partial charge is 0.389 e. The SMILES string of the molecule is CCCCCCCCCCC[C@H](O)/C=C\c1cc2c(nn1)C(=O)C(NC)=CC2=O. The van der Waals surface area contributed by atoms with E-state index in [1.807, 2.05) is 0 Å². The maximum absolute atomic E-state index is 12.2. The molecule has 0 saturated carbocycles. The van der Waals surface area contributed by atoms with Gasteiger partial charge in [-0.1, -0.05) is 70.8 Å². The molecule has 0 amide bonds. The van der Waals surface area contributed by atoms with E-state index in [0.717, 1.165) is 12.8 Å². The average molecular weight is 400 g/mol. The highest BCUT2D eigenvalue weighted by atomic mass is 16.3. The second-order valence-electron chi connectivity index (χ2n) is 7.58. The minimum absolute atomic E-state index is 0.0641. The summed E-state index contributed by atoms with van der Waals surface area (Å²) in [6.07, 6.45) is 16.0. The third-order valence-corrected chi connectivity index (χ3v) is 5.18. The zero-order valence-corrected chi connectivity index (χ0v) is 17.6. The molecule has 158 valence electrons. The smallest absolute Gasteiger partial charge is 0.229 e. The van der Waals surface area contributed by atoms with Crippen LogP contribution in [0.15, 0.2) is 23.9 Å². The molecule has 0 aromatic carbocycles. The van der Waals surface area contributed by atoms with Crippen LogP contribution < -0.4 is 5.32 Å². The fraction of sp³-hybridized carbons (Fsp3) is 0.565. The molecule has 1 heterocycles. The molecule has 1 aromatic heterocycles. The van der Waals surface area contributed by atoms with Gasteiger partial charge in [0.25, 0.3) is 0 Å². The van der Waals surface area contributed by atoms with Crippen molar-refractivity contribution in [1.82, 2.24) is 15.5 Å². The van der Waals surface area contributed by atoms with Gasteiger partial charge in [0.2, 0.25) is 5.78 Å². The first-order valence-electron chi connectivity index (χ1n) is 10.8. The van der Waals surface area contributed by atoms with Crippen LogP contribution in [0.5, 0.6) is 0 Å². The van der Waals surface area contributed by atoms with Crippen LogP contribution in [0.1, 0.15) is 97.7 Å². The highest BCUT2D eigenvalue weighted by Gasteiger charge is 2.27. The van der Waals surface area contributed by atoms with Gasteiger partial charge >= 0.3 is 0 Å². The molecule has 1 aromatic rings. The van der Waals surface area contributed by atoms with Gasteiger partial charge in [-0.25, -0.2) is 0 Å². The Balaban J connectivity index is 1.75. The lowest BCUT2D eigenvalue weighted by Gasteiger charge is -2.13. The molecule has 1 aliphatic carbocycles. The van der Waals surface area contributed by atoms with Crippen molar-refractivity contribution in [1.29, 1.82) is 0 Å². The predicted molar refractivity (Wildman–Crippen MR) is 115 cm³/mol. The summed E-state index contributed by atoms with van der Waals surface area (Å²) in [5.41, 5.74) is 0.986. The fourth-order valence-electron chi connectivity index (χ4n) is 3.40. The maximum Gasteiger partial charge on any atom is 0.229 e. The molecule has 0 aliphatic heterocycles. The number of likely N-dealkylation sites (N-methyl/N-ethyl adjacent to an activating group) is 1. The van der Waals surface area contributed by atoms with Gasteiger partial charge in [-0.05, 0) is 18.6 Å². The van der Waals surface area contributed by atoms with Gasteiger partial charge in [0.1, 0.15) is 5.69 Å². The number of aliphatic hydroxyl groups is 1. The third-order valence-electron chi connectivity index (χ3n) is 5.18. The van der Waals surface area contributed by atoms with Crippen molar-refractivity contribution in [3.8, 4) is 0 Å². The lowest BCUT2D eigenvalue weighted by Crippen LogP contribution is -2.26. The Bertz CT molecular complexity index is 756. The van der Waals surface area contributed by atoms with Crippen LogP contribution in [0.25, 0.3) is 6.08 Å². The monoisotopic (exact) mass is 399 g/mol. The number of carbonyl (C=O) groups is 2. The molecule has 0 fully saturated rings. The van der Waals surface area contributed by atoms with Crippen molar-refractivity contribution in [3.63, 3.8) is 0 Å². The highest BCUT2D eigenvalue weighted by Crippen LogP contribution is 2.19. The standard InChI is InChI=1S/C23H33N3O3/c1-3-4-5-6-7-8-9-10-11-12-18(27)14-13-17-15-19-21(28)16-20(24-2)23(29)22(19)26-25-17/h13-16,18,24,27H,3-12H2,1-2H3/b14-13-/t18-/m0/s1. The number of ketones is 2. The molecule has 0 unspecified atom stereocenters. The van der Waals surface area contributed by atoms with Gasteiger partial charge in [-0.3, -0.25) is 9.59 Å². The van der Waals surface area contributed by atoms with E-state index in [2.05, 4.69) is 22.4 Å². The highest BCUT2D eigenvalue weighted by molar-refractivity contribution is 6.23. The number of rotatable bonds is 13. The van der Waals surface area contributed by atoms with Gasteiger partial charge < -0.3 is 10.4 Å². The first-order chi connectivity index (χ1) is 14.1. The van der Waals surface area contributed by atoms with E-state index in [9.17, 15) is 14.7 Å². The second kappa shape index (κ2) is 12.3. The van der Waals surface area contributed by atoms with Crippen LogP contribution >= 0.6 is 0 Å². The quantitative estimate of drug-likeness (QED) is 0.482. The molecule has 0 saturated heterocycles. The molecule has 1 atom stereocenters. The van der Waals surface area contributed by atoms with Crippen LogP contribution in [-0.2, 0) is 0 Å². The Morgan fingerprint density at radius 2 is 1.69 bits per heavy atom. The molecule has 0 radical (unpaired) electrons. The number of aromatic nitrogens is 2. The van der Waals surface area contributed by atoms with Crippen molar-refractivity contribution >= 4 is 17.6 Å². The Labute approximate surface area is 173 Å². The normalized spacial score (nSPS) is 14.8. The fourth-order valence-corrected chi connectivity index (χ4v) is 3.40. The summed E-state index contributed by atoms with van der Waals surface area (Å²) in [5.74, 6) is -0.612. The van der Waals surface area contributed by atoms with Gasteiger partial charge in [-0.15, -0.1) is 5.10 Å². The van der Waals surface area contributed by atoms with E-state index in [0.29, 0.717) is 12.1 Å². The van der Waals surface area contributed by atoms with Crippen LogP contribution in [0.3, 0.4) is 0 Å². The van der Waals surface area contributed by atoms with E-state index in [1.54, 1.807) is 25.3 Å². The van der Waals surface area contributed by atoms with Crippen LogP contribution in [0, 0.1) is 0 Å². The molecule has 6 heteroatoms.